The van der Waals surface area contributed by atoms with Crippen LogP contribution in [0.25, 0.3) is 0 Å². The van der Waals surface area contributed by atoms with E-state index < -0.39 is 0 Å². The Hall–Kier alpha value is -1.98. The van der Waals surface area contributed by atoms with E-state index in [1.807, 2.05) is 18.2 Å². The van der Waals surface area contributed by atoms with Gasteiger partial charge in [0, 0.05) is 17.3 Å². The van der Waals surface area contributed by atoms with Crippen molar-refractivity contribution in [1.82, 2.24) is 0 Å². The molecule has 0 atom stereocenters. The highest BCUT2D eigenvalue weighted by molar-refractivity contribution is 6.31. The monoisotopic (exact) mass is 270 g/mol. The summed E-state index contributed by atoms with van der Waals surface area (Å²) >= 11 is 6.07. The molecule has 2 nitrogen and oxygen atoms in total. The second-order valence-corrected chi connectivity index (χ2v) is 4.74. The highest BCUT2D eigenvalue weighted by Gasteiger charge is 2.13. The van der Waals surface area contributed by atoms with Gasteiger partial charge in [-0.05, 0) is 43.7 Å². The molecule has 0 unspecified atom stereocenters. The molecule has 19 heavy (non-hydrogen) atoms. The Morgan fingerprint density at radius 2 is 1.89 bits per heavy atom. The van der Waals surface area contributed by atoms with Gasteiger partial charge < -0.3 is 4.90 Å². The summed E-state index contributed by atoms with van der Waals surface area (Å²) in [6, 6.07) is 15.7. The van der Waals surface area contributed by atoms with Crippen molar-refractivity contribution in [2.75, 3.05) is 11.4 Å². The molecule has 0 fully saturated rings. The van der Waals surface area contributed by atoms with E-state index in [1.54, 1.807) is 12.1 Å². The summed E-state index contributed by atoms with van der Waals surface area (Å²) in [6.07, 6.45) is 0. The van der Waals surface area contributed by atoms with Crippen molar-refractivity contribution in [3.05, 3.63) is 58.6 Å². The molecule has 2 aromatic rings. The first kappa shape index (κ1) is 13.5. The largest absolute Gasteiger partial charge is 0.340 e. The Morgan fingerprint density at radius 1 is 1.16 bits per heavy atom. The van der Waals surface area contributed by atoms with E-state index in [1.165, 1.54) is 5.56 Å². The lowest BCUT2D eigenvalue weighted by molar-refractivity contribution is 1.01. The molecule has 2 aromatic carbocycles. The minimum atomic E-state index is 0.634. The van der Waals surface area contributed by atoms with E-state index in [-0.39, 0.29) is 0 Å². The maximum atomic E-state index is 9.25. The highest BCUT2D eigenvalue weighted by atomic mass is 35.5. The number of nitrogens with zero attached hydrogens (tertiary/aromatic N) is 2. The molecule has 3 heteroatoms. The molecule has 0 spiro atoms. The maximum Gasteiger partial charge on any atom is 0.101 e. The number of anilines is 2. The summed E-state index contributed by atoms with van der Waals surface area (Å²) < 4.78 is 0. The van der Waals surface area contributed by atoms with Crippen molar-refractivity contribution in [3.8, 4) is 6.07 Å². The van der Waals surface area contributed by atoms with Crippen LogP contribution in [0.4, 0.5) is 11.4 Å². The number of nitriles is 1. The van der Waals surface area contributed by atoms with E-state index in [9.17, 15) is 5.26 Å². The van der Waals surface area contributed by atoms with E-state index in [0.29, 0.717) is 10.6 Å². The van der Waals surface area contributed by atoms with Crippen LogP contribution in [0.5, 0.6) is 0 Å². The summed E-state index contributed by atoms with van der Waals surface area (Å²) in [7, 11) is 0. The highest BCUT2D eigenvalue weighted by Crippen LogP contribution is 2.32. The Morgan fingerprint density at radius 3 is 2.53 bits per heavy atom. The summed E-state index contributed by atoms with van der Waals surface area (Å²) in [5.41, 5.74) is 3.76. The third-order valence-electron chi connectivity index (χ3n) is 3.09. The minimum Gasteiger partial charge on any atom is -0.340 e. The number of hydrogen-bond donors (Lipinski definition) is 0. The fourth-order valence-corrected chi connectivity index (χ4v) is 2.33. The molecule has 0 aliphatic heterocycles. The molecule has 2 rings (SSSR count). The van der Waals surface area contributed by atoms with Gasteiger partial charge in [0.05, 0.1) is 11.3 Å². The molecule has 96 valence electrons. The third-order valence-corrected chi connectivity index (χ3v) is 3.33. The van der Waals surface area contributed by atoms with Gasteiger partial charge in [-0.2, -0.15) is 5.26 Å². The molecule has 0 aliphatic rings. The van der Waals surface area contributed by atoms with Crippen LogP contribution in [0, 0.1) is 18.3 Å². The van der Waals surface area contributed by atoms with Crippen molar-refractivity contribution in [3.63, 3.8) is 0 Å². The molecule has 0 N–H and O–H groups in total. The van der Waals surface area contributed by atoms with Crippen molar-refractivity contribution in [2.45, 2.75) is 13.8 Å². The molecular formula is C16H15ClN2. The summed E-state index contributed by atoms with van der Waals surface area (Å²) in [5, 5.41) is 9.89. The molecule has 0 amide bonds. The number of para-hydroxylation sites is 1. The van der Waals surface area contributed by atoms with Gasteiger partial charge in [-0.3, -0.25) is 0 Å². The van der Waals surface area contributed by atoms with Crippen LogP contribution in [-0.4, -0.2) is 6.54 Å². The lowest BCUT2D eigenvalue weighted by Crippen LogP contribution is -2.18. The van der Waals surface area contributed by atoms with Gasteiger partial charge in [0.1, 0.15) is 6.07 Å². The first-order valence-corrected chi connectivity index (χ1v) is 6.58. The topological polar surface area (TPSA) is 27.0 Å². The minimum absolute atomic E-state index is 0.634. The normalized spacial score (nSPS) is 10.0. The number of hydrogen-bond acceptors (Lipinski definition) is 2. The van der Waals surface area contributed by atoms with Gasteiger partial charge in [-0.25, -0.2) is 0 Å². The second-order valence-electron chi connectivity index (χ2n) is 4.30. The molecule has 0 saturated heterocycles. The molecule has 0 heterocycles. The summed E-state index contributed by atoms with van der Waals surface area (Å²) in [4.78, 5) is 2.11. The van der Waals surface area contributed by atoms with Gasteiger partial charge in [0.25, 0.3) is 0 Å². The van der Waals surface area contributed by atoms with Crippen molar-refractivity contribution in [1.29, 1.82) is 5.26 Å². The molecule has 0 radical (unpaired) electrons. The molecule has 0 saturated carbocycles. The zero-order valence-electron chi connectivity index (χ0n) is 11.0. The van der Waals surface area contributed by atoms with Crippen LogP contribution in [-0.2, 0) is 0 Å². The molecule has 0 aliphatic carbocycles. The number of rotatable bonds is 3. The number of aryl methyl sites for hydroxylation is 1. The number of benzene rings is 2. The van der Waals surface area contributed by atoms with E-state index in [0.717, 1.165) is 17.9 Å². The van der Waals surface area contributed by atoms with Crippen LogP contribution >= 0.6 is 11.6 Å². The first-order chi connectivity index (χ1) is 9.17. The van der Waals surface area contributed by atoms with Gasteiger partial charge in [-0.1, -0.05) is 29.8 Å². The fraction of sp³-hybridized carbons (Fsp3) is 0.188. The Labute approximate surface area is 118 Å². The van der Waals surface area contributed by atoms with Gasteiger partial charge in [0.2, 0.25) is 0 Å². The quantitative estimate of drug-likeness (QED) is 0.810. The predicted molar refractivity (Wildman–Crippen MR) is 80.0 cm³/mol. The average molecular weight is 271 g/mol. The van der Waals surface area contributed by atoms with Crippen molar-refractivity contribution < 1.29 is 0 Å². The second kappa shape index (κ2) is 5.77. The van der Waals surface area contributed by atoms with Crippen LogP contribution < -0.4 is 4.90 Å². The maximum absolute atomic E-state index is 9.25. The van der Waals surface area contributed by atoms with Crippen LogP contribution in [0.2, 0.25) is 5.02 Å². The summed E-state index contributed by atoms with van der Waals surface area (Å²) in [6.45, 7) is 4.91. The van der Waals surface area contributed by atoms with Crippen LogP contribution in [0.15, 0.2) is 42.5 Å². The Bertz CT molecular complexity index is 629. The predicted octanol–water partition coefficient (Wildman–Crippen LogP) is 4.68. The van der Waals surface area contributed by atoms with Gasteiger partial charge in [-0.15, -0.1) is 0 Å². The summed E-state index contributed by atoms with van der Waals surface area (Å²) in [5.74, 6) is 0. The smallest absolute Gasteiger partial charge is 0.101 e. The standard InChI is InChI=1S/C16H15ClN2/c1-3-19(15-7-5-4-6-12(15)2)16-10-14(17)9-8-13(16)11-18/h4-10H,3H2,1-2H3. The zero-order valence-corrected chi connectivity index (χ0v) is 11.8. The van der Waals surface area contributed by atoms with Gasteiger partial charge in [0.15, 0.2) is 0 Å². The zero-order chi connectivity index (χ0) is 13.8. The third kappa shape index (κ3) is 2.72. The first-order valence-electron chi connectivity index (χ1n) is 6.20. The molecule has 0 bridgehead atoms. The van der Waals surface area contributed by atoms with E-state index in [2.05, 4.69) is 36.9 Å². The SMILES string of the molecule is CCN(c1ccccc1C)c1cc(Cl)ccc1C#N. The van der Waals surface area contributed by atoms with Gasteiger partial charge >= 0.3 is 0 Å². The Kier molecular flexibility index (Phi) is 4.09. The molecule has 0 aromatic heterocycles. The van der Waals surface area contributed by atoms with Crippen LogP contribution in [0.1, 0.15) is 18.1 Å². The molecular weight excluding hydrogens is 256 g/mol. The van der Waals surface area contributed by atoms with E-state index >= 15 is 0 Å². The average Bonchev–Trinajstić information content (AvgIpc) is 2.42. The lowest BCUT2D eigenvalue weighted by Gasteiger charge is -2.26. The Balaban J connectivity index is 2.58. The van der Waals surface area contributed by atoms with Crippen LogP contribution in [0.3, 0.4) is 0 Å². The van der Waals surface area contributed by atoms with Crippen molar-refractivity contribution >= 4 is 23.0 Å². The lowest BCUT2D eigenvalue weighted by atomic mass is 10.1. The van der Waals surface area contributed by atoms with E-state index in [4.69, 9.17) is 11.6 Å². The fourth-order valence-electron chi connectivity index (χ4n) is 2.16. The van der Waals surface area contributed by atoms with Crippen molar-refractivity contribution in [2.24, 2.45) is 0 Å². The number of halogens is 1.